The summed E-state index contributed by atoms with van der Waals surface area (Å²) in [5.74, 6) is -0.717. The van der Waals surface area contributed by atoms with E-state index in [0.29, 0.717) is 35.7 Å². The molecule has 0 bridgehead atoms. The Hall–Kier alpha value is -3.27. The Labute approximate surface area is 208 Å². The summed E-state index contributed by atoms with van der Waals surface area (Å²) in [4.78, 5) is 31.1. The van der Waals surface area contributed by atoms with Crippen molar-refractivity contribution in [3.63, 3.8) is 0 Å². The number of carbonyl (C=O) groups is 1. The van der Waals surface area contributed by atoms with Crippen molar-refractivity contribution >= 4 is 22.6 Å². The first kappa shape index (κ1) is 23.1. The smallest absolute Gasteiger partial charge is 0.343 e. The zero-order chi connectivity index (χ0) is 25.2. The summed E-state index contributed by atoms with van der Waals surface area (Å²) < 4.78 is 12.4. The van der Waals surface area contributed by atoms with Gasteiger partial charge in [-0.15, -0.1) is 0 Å². The van der Waals surface area contributed by atoms with Crippen molar-refractivity contribution in [2.75, 3.05) is 32.3 Å². The number of rotatable bonds is 5. The minimum Gasteiger partial charge on any atom is -0.458 e. The lowest BCUT2D eigenvalue weighted by atomic mass is 9.86. The van der Waals surface area contributed by atoms with Crippen LogP contribution in [0.2, 0.25) is 0 Å². The maximum absolute atomic E-state index is 13.6. The van der Waals surface area contributed by atoms with E-state index in [0.717, 1.165) is 41.5 Å². The fourth-order valence-electron chi connectivity index (χ4n) is 6.08. The molecule has 9 nitrogen and oxygen atoms in total. The molecule has 6 rings (SSSR count). The number of hydrogen-bond acceptors (Lipinski definition) is 8. The van der Waals surface area contributed by atoms with E-state index >= 15 is 0 Å². The number of methoxy groups -OCH3 is 1. The number of para-hydroxylation sites is 1. The third kappa shape index (κ3) is 3.16. The van der Waals surface area contributed by atoms with Gasteiger partial charge in [0, 0.05) is 37.2 Å². The van der Waals surface area contributed by atoms with Crippen molar-refractivity contribution in [1.82, 2.24) is 14.6 Å². The fraction of sp³-hybridized carbons (Fsp3) is 0.444. The van der Waals surface area contributed by atoms with E-state index in [4.69, 9.17) is 14.5 Å². The quantitative estimate of drug-likeness (QED) is 0.427. The molecule has 0 spiro atoms. The Balaban J connectivity index is 1.57. The van der Waals surface area contributed by atoms with Crippen LogP contribution in [0.1, 0.15) is 42.9 Å². The van der Waals surface area contributed by atoms with E-state index < -0.39 is 11.6 Å². The predicted molar refractivity (Wildman–Crippen MR) is 135 cm³/mol. The lowest BCUT2D eigenvalue weighted by molar-refractivity contribution is -0.172. The van der Waals surface area contributed by atoms with Crippen molar-refractivity contribution in [1.29, 1.82) is 0 Å². The molecule has 3 aliphatic rings. The van der Waals surface area contributed by atoms with Crippen LogP contribution in [0.15, 0.2) is 35.1 Å². The van der Waals surface area contributed by atoms with Gasteiger partial charge in [0.1, 0.15) is 6.61 Å². The van der Waals surface area contributed by atoms with Gasteiger partial charge in [-0.25, -0.2) is 14.8 Å². The predicted octanol–water partition coefficient (Wildman–Crippen LogP) is 2.54. The van der Waals surface area contributed by atoms with E-state index in [9.17, 15) is 14.7 Å². The number of benzene rings is 1. The largest absolute Gasteiger partial charge is 0.458 e. The first-order chi connectivity index (χ1) is 17.4. The molecule has 1 saturated heterocycles. The first-order valence-electron chi connectivity index (χ1n) is 12.5. The summed E-state index contributed by atoms with van der Waals surface area (Å²) in [7, 11) is 3.79. The van der Waals surface area contributed by atoms with Gasteiger partial charge in [-0.05, 0) is 31.4 Å². The molecule has 0 saturated carbocycles. The minimum absolute atomic E-state index is 0.115. The summed E-state index contributed by atoms with van der Waals surface area (Å²) in [6, 6.07) is 10.0. The third-order valence-corrected chi connectivity index (χ3v) is 7.98. The van der Waals surface area contributed by atoms with E-state index in [-0.39, 0.29) is 24.6 Å². The van der Waals surface area contributed by atoms with Crippen LogP contribution in [-0.4, -0.2) is 59.0 Å². The van der Waals surface area contributed by atoms with Gasteiger partial charge in [-0.3, -0.25) is 4.79 Å². The number of pyridine rings is 2. The van der Waals surface area contributed by atoms with Crippen molar-refractivity contribution < 1.29 is 19.4 Å². The molecule has 0 radical (unpaired) electrons. The second kappa shape index (κ2) is 8.40. The summed E-state index contributed by atoms with van der Waals surface area (Å²) >= 11 is 0. The molecule has 1 unspecified atom stereocenters. The highest BCUT2D eigenvalue weighted by atomic mass is 16.6. The van der Waals surface area contributed by atoms with Crippen LogP contribution in [0, 0.1) is 0 Å². The Bertz CT molecular complexity index is 1450. The number of nitrogens with zero attached hydrogens (tertiary/aromatic N) is 4. The summed E-state index contributed by atoms with van der Waals surface area (Å²) in [6.07, 6.45) is 2.25. The number of aliphatic hydroxyl groups is 1. The number of carbonyl (C=O) groups excluding carboxylic acids is 1. The molecule has 1 aromatic carbocycles. The van der Waals surface area contributed by atoms with Crippen LogP contribution >= 0.6 is 0 Å². The van der Waals surface area contributed by atoms with E-state index in [1.54, 1.807) is 24.7 Å². The van der Waals surface area contributed by atoms with Gasteiger partial charge in [0.25, 0.3) is 5.56 Å². The maximum Gasteiger partial charge on any atom is 0.343 e. The van der Waals surface area contributed by atoms with Crippen molar-refractivity contribution in [3.05, 3.63) is 57.4 Å². The SMILES string of the molecule is CC[C@@]1(O)C(=O)OCc2c1cc1n(c2=O)Cc2c-1nc1ccccc1c2N(C)N1CCCC1COC. The summed E-state index contributed by atoms with van der Waals surface area (Å²) in [5.41, 5.74) is 2.67. The lowest BCUT2D eigenvalue weighted by Gasteiger charge is -2.36. The molecule has 188 valence electrons. The normalized spacial score (nSPS) is 22.9. The first-order valence-corrected chi connectivity index (χ1v) is 12.5. The molecule has 0 amide bonds. The monoisotopic (exact) mass is 490 g/mol. The highest BCUT2D eigenvalue weighted by Crippen LogP contribution is 2.43. The number of cyclic esters (lactones) is 1. The zero-order valence-electron chi connectivity index (χ0n) is 20.8. The van der Waals surface area contributed by atoms with Crippen molar-refractivity contribution in [2.24, 2.45) is 0 Å². The molecule has 9 heteroatoms. The Kier molecular flexibility index (Phi) is 5.40. The van der Waals surface area contributed by atoms with Gasteiger partial charge in [0.2, 0.25) is 0 Å². The highest BCUT2D eigenvalue weighted by molar-refractivity contribution is 5.97. The molecule has 2 aromatic heterocycles. The van der Waals surface area contributed by atoms with Gasteiger partial charge in [0.05, 0.1) is 47.3 Å². The second-order valence-corrected chi connectivity index (χ2v) is 9.85. The molecule has 1 N–H and O–H groups in total. The number of aromatic nitrogens is 2. The maximum atomic E-state index is 13.6. The average molecular weight is 491 g/mol. The topological polar surface area (TPSA) is 97.1 Å². The lowest BCUT2D eigenvalue weighted by Crippen LogP contribution is -2.45. The Morgan fingerprint density at radius 1 is 1.28 bits per heavy atom. The van der Waals surface area contributed by atoms with Crippen LogP contribution in [0.4, 0.5) is 5.69 Å². The molecule has 36 heavy (non-hydrogen) atoms. The van der Waals surface area contributed by atoms with Crippen LogP contribution in [0.5, 0.6) is 0 Å². The van der Waals surface area contributed by atoms with Gasteiger partial charge < -0.3 is 24.2 Å². The van der Waals surface area contributed by atoms with Gasteiger partial charge in [-0.2, -0.15) is 0 Å². The van der Waals surface area contributed by atoms with Crippen LogP contribution in [0.25, 0.3) is 22.3 Å². The Morgan fingerprint density at radius 3 is 2.86 bits per heavy atom. The second-order valence-electron chi connectivity index (χ2n) is 9.85. The van der Waals surface area contributed by atoms with Gasteiger partial charge in [-0.1, -0.05) is 25.1 Å². The molecule has 2 atom stereocenters. The number of esters is 1. The average Bonchev–Trinajstić information content (AvgIpc) is 3.50. The van der Waals surface area contributed by atoms with Gasteiger partial charge in [0.15, 0.2) is 5.60 Å². The van der Waals surface area contributed by atoms with E-state index in [1.165, 1.54) is 0 Å². The highest BCUT2D eigenvalue weighted by Gasteiger charge is 2.45. The minimum atomic E-state index is -1.84. The molecule has 0 aliphatic carbocycles. The number of hydrogen-bond donors (Lipinski definition) is 1. The van der Waals surface area contributed by atoms with E-state index in [1.807, 2.05) is 18.2 Å². The number of anilines is 1. The van der Waals surface area contributed by atoms with Crippen molar-refractivity contribution in [3.8, 4) is 11.4 Å². The van der Waals surface area contributed by atoms with Crippen LogP contribution < -0.4 is 10.6 Å². The molecule has 5 heterocycles. The Morgan fingerprint density at radius 2 is 2.08 bits per heavy atom. The molecular weight excluding hydrogens is 460 g/mol. The molecular formula is C27H30N4O5. The van der Waals surface area contributed by atoms with Crippen LogP contribution in [-0.2, 0) is 33.0 Å². The number of hydrazine groups is 1. The zero-order valence-corrected chi connectivity index (χ0v) is 20.8. The van der Waals surface area contributed by atoms with E-state index in [2.05, 4.69) is 23.1 Å². The van der Waals surface area contributed by atoms with Crippen LogP contribution in [0.3, 0.4) is 0 Å². The number of ether oxygens (including phenoxy) is 2. The van der Waals surface area contributed by atoms with Crippen molar-refractivity contribution in [2.45, 2.75) is 51.0 Å². The molecule has 3 aliphatic heterocycles. The number of fused-ring (bicyclic) bond motifs is 5. The van der Waals surface area contributed by atoms with Gasteiger partial charge >= 0.3 is 5.97 Å². The third-order valence-electron chi connectivity index (χ3n) is 7.98. The standard InChI is InChI=1S/C27H30N4O5/c1-4-27(34)20-12-22-23-18(13-30(22)25(32)19(20)15-36-26(27)33)24(17-9-5-6-10-21(17)28-23)29(2)31-11-7-8-16(31)14-35-3/h5-6,9-10,12,16,34H,4,7-8,11,13-15H2,1-3H3/t16?,27-/m0/s1. The summed E-state index contributed by atoms with van der Waals surface area (Å²) in [6.45, 7) is 3.49. The molecule has 3 aromatic rings. The summed E-state index contributed by atoms with van der Waals surface area (Å²) in [5, 5.41) is 16.7. The fourth-order valence-corrected chi connectivity index (χ4v) is 6.08. The molecule has 1 fully saturated rings.